The average molecular weight is 590 g/mol. The van der Waals surface area contributed by atoms with Gasteiger partial charge in [0, 0.05) is 37.2 Å². The lowest BCUT2D eigenvalue weighted by molar-refractivity contribution is 0.527. The largest absolute Gasteiger partial charge is 0.368 e. The predicted octanol–water partition coefficient (Wildman–Crippen LogP) is 5.07. The number of hydrogen-bond donors (Lipinski definition) is 3. The van der Waals surface area contributed by atoms with Gasteiger partial charge >= 0.3 is 10.2 Å². The highest BCUT2D eigenvalue weighted by Crippen LogP contribution is 2.32. The molecular formula is C29H28ClN7O3S. The molecule has 3 aromatic carbocycles. The molecule has 2 heterocycles. The fourth-order valence-corrected chi connectivity index (χ4v) is 5.36. The van der Waals surface area contributed by atoms with Gasteiger partial charge in [-0.3, -0.25) is 14.1 Å². The summed E-state index contributed by atoms with van der Waals surface area (Å²) in [4.78, 5) is 22.4. The van der Waals surface area contributed by atoms with Crippen molar-refractivity contribution < 1.29 is 8.42 Å². The van der Waals surface area contributed by atoms with Gasteiger partial charge in [-0.05, 0) is 54.3 Å². The normalized spacial score (nSPS) is 12.4. The number of nitrogens with two attached hydrogens (primary N) is 1. The first-order valence-corrected chi connectivity index (χ1v) is 14.5. The second-order valence-corrected chi connectivity index (χ2v) is 11.9. The Bertz CT molecular complexity index is 1910. The van der Waals surface area contributed by atoms with Crippen LogP contribution in [0.15, 0.2) is 89.9 Å². The van der Waals surface area contributed by atoms with E-state index in [1.54, 1.807) is 41.1 Å². The Kier molecular flexibility index (Phi) is 7.68. The minimum Gasteiger partial charge on any atom is -0.368 e. The lowest BCUT2D eigenvalue weighted by Crippen LogP contribution is -2.28. The van der Waals surface area contributed by atoms with Crippen molar-refractivity contribution in [2.24, 2.45) is 0 Å². The Morgan fingerprint density at radius 2 is 1.73 bits per heavy atom. The van der Waals surface area contributed by atoms with Crippen LogP contribution in [-0.4, -0.2) is 41.4 Å². The highest BCUT2D eigenvalue weighted by Gasteiger charge is 2.20. The molecule has 5 rings (SSSR count). The standard InChI is InChI=1S/C29H28ClN7O3S/c1-18(25-16-20-10-8-14-24(30)26(20)28(38)37(25)22-12-5-4-6-13-22)33-27-23(17-32-29(31)34-27)19-9-7-11-21(15-19)35-41(39,40)36(2)3/h4-18,35H,1-3H3,(H3,31,32,33,34)/t18-/m0/s1. The molecule has 0 spiro atoms. The van der Waals surface area contributed by atoms with Crippen molar-refractivity contribution in [3.05, 3.63) is 106 Å². The number of para-hydroxylation sites is 1. The number of anilines is 3. The van der Waals surface area contributed by atoms with E-state index in [0.717, 1.165) is 4.31 Å². The molecule has 4 N–H and O–H groups in total. The first-order valence-electron chi connectivity index (χ1n) is 12.6. The molecule has 0 saturated carbocycles. The number of nitrogens with one attached hydrogen (secondary N) is 2. The Balaban J connectivity index is 1.60. The number of aromatic nitrogens is 3. The van der Waals surface area contributed by atoms with Crippen molar-refractivity contribution in [1.82, 2.24) is 18.8 Å². The molecule has 0 aliphatic rings. The third-order valence-electron chi connectivity index (χ3n) is 6.54. The molecule has 0 fully saturated rings. The molecule has 1 atom stereocenters. The van der Waals surface area contributed by atoms with Crippen molar-refractivity contribution in [3.63, 3.8) is 0 Å². The molecule has 12 heteroatoms. The lowest BCUT2D eigenvalue weighted by Gasteiger charge is -2.23. The third-order valence-corrected chi connectivity index (χ3v) is 8.31. The smallest absolute Gasteiger partial charge is 0.301 e. The number of rotatable bonds is 8. The van der Waals surface area contributed by atoms with Crippen LogP contribution in [0.3, 0.4) is 0 Å². The molecule has 41 heavy (non-hydrogen) atoms. The number of nitrogens with zero attached hydrogens (tertiary/aromatic N) is 4. The van der Waals surface area contributed by atoms with Crippen LogP contribution in [0.4, 0.5) is 17.5 Å². The van der Waals surface area contributed by atoms with Crippen LogP contribution in [-0.2, 0) is 10.2 Å². The quantitative estimate of drug-likeness (QED) is 0.230. The van der Waals surface area contributed by atoms with E-state index in [9.17, 15) is 13.2 Å². The Morgan fingerprint density at radius 3 is 2.46 bits per heavy atom. The van der Waals surface area contributed by atoms with Gasteiger partial charge in [0.05, 0.1) is 22.1 Å². The minimum atomic E-state index is -3.70. The molecule has 5 aromatic rings. The van der Waals surface area contributed by atoms with Crippen LogP contribution in [0, 0.1) is 0 Å². The monoisotopic (exact) mass is 589 g/mol. The summed E-state index contributed by atoms with van der Waals surface area (Å²) in [6, 6.07) is 23.0. The SMILES string of the molecule is C[C@H](Nc1nc(N)ncc1-c1cccc(NS(=O)(=O)N(C)C)c1)c1cc2cccc(Cl)c2c(=O)n1-c1ccccc1. The molecule has 0 aliphatic carbocycles. The summed E-state index contributed by atoms with van der Waals surface area (Å²) >= 11 is 6.45. The molecule has 210 valence electrons. The number of pyridine rings is 1. The van der Waals surface area contributed by atoms with Gasteiger partial charge in [0.1, 0.15) is 5.82 Å². The summed E-state index contributed by atoms with van der Waals surface area (Å²) in [5.41, 5.74) is 8.71. The van der Waals surface area contributed by atoms with Gasteiger partial charge in [-0.25, -0.2) is 4.98 Å². The molecule has 0 aliphatic heterocycles. The summed E-state index contributed by atoms with van der Waals surface area (Å²) in [7, 11) is -0.816. The van der Waals surface area contributed by atoms with Gasteiger partial charge in [-0.2, -0.15) is 17.7 Å². The van der Waals surface area contributed by atoms with Crippen molar-refractivity contribution in [3.8, 4) is 16.8 Å². The Labute approximate surface area is 242 Å². The lowest BCUT2D eigenvalue weighted by atomic mass is 10.1. The zero-order valence-corrected chi connectivity index (χ0v) is 24.1. The van der Waals surface area contributed by atoms with E-state index in [-0.39, 0.29) is 11.5 Å². The van der Waals surface area contributed by atoms with E-state index < -0.39 is 16.3 Å². The fraction of sp³-hybridized carbons (Fsp3) is 0.138. The predicted molar refractivity (Wildman–Crippen MR) is 165 cm³/mol. The van der Waals surface area contributed by atoms with Crippen LogP contribution < -0.4 is 21.3 Å². The number of benzene rings is 3. The first-order chi connectivity index (χ1) is 19.5. The molecule has 0 saturated heterocycles. The minimum absolute atomic E-state index is 0.0543. The van der Waals surface area contributed by atoms with Crippen LogP contribution in [0.2, 0.25) is 5.02 Å². The van der Waals surface area contributed by atoms with Crippen LogP contribution >= 0.6 is 11.6 Å². The zero-order chi connectivity index (χ0) is 29.3. The third kappa shape index (κ3) is 5.73. The second kappa shape index (κ2) is 11.2. The Hall–Kier alpha value is -4.45. The molecule has 0 radical (unpaired) electrons. The van der Waals surface area contributed by atoms with E-state index in [0.29, 0.717) is 49.8 Å². The number of halogens is 1. The molecule has 0 bridgehead atoms. The van der Waals surface area contributed by atoms with E-state index in [1.807, 2.05) is 55.5 Å². The zero-order valence-electron chi connectivity index (χ0n) is 22.5. The van der Waals surface area contributed by atoms with Gasteiger partial charge in [0.15, 0.2) is 0 Å². The van der Waals surface area contributed by atoms with Crippen molar-refractivity contribution in [2.75, 3.05) is 29.9 Å². The Morgan fingerprint density at radius 1 is 1.00 bits per heavy atom. The highest BCUT2D eigenvalue weighted by molar-refractivity contribution is 7.90. The van der Waals surface area contributed by atoms with E-state index in [1.165, 1.54) is 14.1 Å². The van der Waals surface area contributed by atoms with Gasteiger partial charge in [-0.15, -0.1) is 0 Å². The summed E-state index contributed by atoms with van der Waals surface area (Å²) in [5, 5.41) is 4.91. The fourth-order valence-electron chi connectivity index (χ4n) is 4.49. The number of nitrogen functional groups attached to an aromatic ring is 1. The second-order valence-electron chi connectivity index (χ2n) is 9.58. The number of fused-ring (bicyclic) bond motifs is 1. The van der Waals surface area contributed by atoms with Crippen molar-refractivity contribution in [2.45, 2.75) is 13.0 Å². The van der Waals surface area contributed by atoms with Crippen LogP contribution in [0.1, 0.15) is 18.7 Å². The topological polar surface area (TPSA) is 135 Å². The highest BCUT2D eigenvalue weighted by atomic mass is 35.5. The first kappa shape index (κ1) is 28.1. The molecule has 10 nitrogen and oxygen atoms in total. The molecule has 0 amide bonds. The van der Waals surface area contributed by atoms with E-state index in [4.69, 9.17) is 17.3 Å². The summed E-state index contributed by atoms with van der Waals surface area (Å²) in [6.07, 6.45) is 1.57. The summed E-state index contributed by atoms with van der Waals surface area (Å²) in [5.74, 6) is 0.467. The van der Waals surface area contributed by atoms with Crippen molar-refractivity contribution >= 4 is 50.0 Å². The van der Waals surface area contributed by atoms with E-state index >= 15 is 0 Å². The maximum Gasteiger partial charge on any atom is 0.301 e. The van der Waals surface area contributed by atoms with Gasteiger partial charge in [0.25, 0.3) is 5.56 Å². The van der Waals surface area contributed by atoms with Gasteiger partial charge in [0.2, 0.25) is 5.95 Å². The summed E-state index contributed by atoms with van der Waals surface area (Å²) in [6.45, 7) is 1.91. The van der Waals surface area contributed by atoms with Gasteiger partial charge in [-0.1, -0.05) is 54.1 Å². The summed E-state index contributed by atoms with van der Waals surface area (Å²) < 4.78 is 30.0. The van der Waals surface area contributed by atoms with Crippen LogP contribution in [0.5, 0.6) is 0 Å². The van der Waals surface area contributed by atoms with Crippen molar-refractivity contribution in [1.29, 1.82) is 0 Å². The average Bonchev–Trinajstić information content (AvgIpc) is 2.93. The maximum absolute atomic E-state index is 13.8. The maximum atomic E-state index is 13.8. The molecular weight excluding hydrogens is 562 g/mol. The van der Waals surface area contributed by atoms with Crippen LogP contribution in [0.25, 0.3) is 27.6 Å². The van der Waals surface area contributed by atoms with Gasteiger partial charge < -0.3 is 11.1 Å². The molecule has 0 unspecified atom stereocenters. The number of hydrogen-bond acceptors (Lipinski definition) is 7. The molecule has 2 aromatic heterocycles. The van der Waals surface area contributed by atoms with E-state index in [2.05, 4.69) is 20.0 Å².